The van der Waals surface area contributed by atoms with Gasteiger partial charge in [-0.25, -0.2) is 0 Å². The van der Waals surface area contributed by atoms with E-state index in [-0.39, 0.29) is 17.7 Å². The highest BCUT2D eigenvalue weighted by Gasteiger charge is 2.23. The van der Waals surface area contributed by atoms with E-state index in [1.54, 1.807) is 25.5 Å². The van der Waals surface area contributed by atoms with Crippen LogP contribution in [0.5, 0.6) is 0 Å². The van der Waals surface area contributed by atoms with Crippen LogP contribution in [0.2, 0.25) is 0 Å². The number of hydrogen-bond donors (Lipinski definition) is 3. The molecular formula is C14H20N6O2. The van der Waals surface area contributed by atoms with Crippen molar-refractivity contribution < 1.29 is 9.59 Å². The maximum absolute atomic E-state index is 12.3. The molecular weight excluding hydrogens is 284 g/mol. The van der Waals surface area contributed by atoms with E-state index < -0.39 is 6.04 Å². The zero-order chi connectivity index (χ0) is 16.1. The first-order chi connectivity index (χ1) is 10.5. The zero-order valence-electron chi connectivity index (χ0n) is 12.8. The second kappa shape index (κ2) is 6.88. The van der Waals surface area contributed by atoms with Gasteiger partial charge in [-0.1, -0.05) is 13.8 Å². The number of anilines is 1. The van der Waals surface area contributed by atoms with Crippen LogP contribution in [0.4, 0.5) is 5.82 Å². The van der Waals surface area contributed by atoms with Crippen molar-refractivity contribution in [1.82, 2.24) is 25.3 Å². The van der Waals surface area contributed by atoms with Crippen molar-refractivity contribution in [2.75, 3.05) is 5.32 Å². The Kier molecular flexibility index (Phi) is 4.92. The summed E-state index contributed by atoms with van der Waals surface area (Å²) in [6, 6.07) is 1.02. The molecule has 3 N–H and O–H groups in total. The molecule has 0 spiro atoms. The van der Waals surface area contributed by atoms with E-state index in [9.17, 15) is 9.59 Å². The van der Waals surface area contributed by atoms with Gasteiger partial charge in [-0.15, -0.1) is 0 Å². The first kappa shape index (κ1) is 15.7. The topological polar surface area (TPSA) is 105 Å². The summed E-state index contributed by atoms with van der Waals surface area (Å²) in [7, 11) is 1.73. The third-order valence-corrected chi connectivity index (χ3v) is 3.05. The Balaban J connectivity index is 2.05. The molecule has 0 aliphatic heterocycles. The predicted octanol–water partition coefficient (Wildman–Crippen LogP) is 0.926. The van der Waals surface area contributed by atoms with Gasteiger partial charge in [0.2, 0.25) is 5.91 Å². The molecule has 2 heterocycles. The number of aromatic amines is 1. The lowest BCUT2D eigenvalue weighted by Gasteiger charge is -2.19. The Bertz CT molecular complexity index is 632. The van der Waals surface area contributed by atoms with Gasteiger partial charge in [-0.3, -0.25) is 19.4 Å². The van der Waals surface area contributed by atoms with Gasteiger partial charge in [0.1, 0.15) is 11.9 Å². The molecule has 118 valence electrons. The molecule has 0 bridgehead atoms. The van der Waals surface area contributed by atoms with Crippen LogP contribution in [0.3, 0.4) is 0 Å². The van der Waals surface area contributed by atoms with Crippen molar-refractivity contribution in [2.45, 2.75) is 26.3 Å². The second-order valence-corrected chi connectivity index (χ2v) is 5.52. The number of hydrogen-bond acceptors (Lipinski definition) is 4. The lowest BCUT2D eigenvalue weighted by Crippen LogP contribution is -2.44. The molecule has 0 aliphatic carbocycles. The number of carbonyl (C=O) groups is 2. The summed E-state index contributed by atoms with van der Waals surface area (Å²) in [5.74, 6) is 0.148. The SMILES string of the molecule is CC(C)C[C@@H](NC(=O)c1cnn(C)c1)C(=O)Nc1ccn[nH]1. The van der Waals surface area contributed by atoms with Crippen molar-refractivity contribution in [3.63, 3.8) is 0 Å². The number of carbonyl (C=O) groups excluding carboxylic acids is 2. The van der Waals surface area contributed by atoms with Crippen LogP contribution in [-0.2, 0) is 11.8 Å². The average Bonchev–Trinajstić information content (AvgIpc) is 3.08. The standard InChI is InChI=1S/C14H20N6O2/c1-9(2)6-11(14(22)18-12-4-5-15-19-12)17-13(21)10-7-16-20(3)8-10/h4-5,7-9,11H,6H2,1-3H3,(H,17,21)(H2,15,18,19,22)/t11-/m1/s1. The first-order valence-corrected chi connectivity index (χ1v) is 7.05. The smallest absolute Gasteiger partial charge is 0.255 e. The van der Waals surface area contributed by atoms with Crippen LogP contribution < -0.4 is 10.6 Å². The molecule has 0 aliphatic rings. The number of nitrogens with zero attached hydrogens (tertiary/aromatic N) is 3. The minimum absolute atomic E-state index is 0.256. The van der Waals surface area contributed by atoms with Crippen molar-refractivity contribution in [3.8, 4) is 0 Å². The van der Waals surface area contributed by atoms with Gasteiger partial charge in [0, 0.05) is 19.3 Å². The normalized spacial score (nSPS) is 12.2. The Labute approximate surface area is 128 Å². The molecule has 8 nitrogen and oxygen atoms in total. The van der Waals surface area contributed by atoms with E-state index in [2.05, 4.69) is 25.9 Å². The second-order valence-electron chi connectivity index (χ2n) is 5.52. The van der Waals surface area contributed by atoms with Crippen LogP contribution in [0.15, 0.2) is 24.7 Å². The monoisotopic (exact) mass is 304 g/mol. The molecule has 1 atom stereocenters. The zero-order valence-corrected chi connectivity index (χ0v) is 12.8. The molecule has 22 heavy (non-hydrogen) atoms. The van der Waals surface area contributed by atoms with Crippen molar-refractivity contribution >= 4 is 17.6 Å². The van der Waals surface area contributed by atoms with Crippen molar-refractivity contribution in [3.05, 3.63) is 30.2 Å². The molecule has 0 radical (unpaired) electrons. The fourth-order valence-corrected chi connectivity index (χ4v) is 2.03. The molecule has 2 aromatic rings. The summed E-state index contributed by atoms with van der Waals surface area (Å²) >= 11 is 0. The number of rotatable bonds is 6. The summed E-state index contributed by atoms with van der Waals surface area (Å²) in [4.78, 5) is 24.5. The average molecular weight is 304 g/mol. The quantitative estimate of drug-likeness (QED) is 0.738. The third-order valence-electron chi connectivity index (χ3n) is 3.05. The summed E-state index contributed by atoms with van der Waals surface area (Å²) in [6.07, 6.45) is 5.15. The van der Waals surface area contributed by atoms with E-state index in [0.29, 0.717) is 17.8 Å². The third kappa shape index (κ3) is 4.18. The maximum Gasteiger partial charge on any atom is 0.255 e. The fourth-order valence-electron chi connectivity index (χ4n) is 2.03. The van der Waals surface area contributed by atoms with Crippen molar-refractivity contribution in [1.29, 1.82) is 0 Å². The first-order valence-electron chi connectivity index (χ1n) is 7.05. The Morgan fingerprint density at radius 3 is 2.73 bits per heavy atom. The molecule has 0 unspecified atom stereocenters. The number of aromatic nitrogens is 4. The van der Waals surface area contributed by atoms with E-state index in [0.717, 1.165) is 0 Å². The van der Waals surface area contributed by atoms with E-state index in [4.69, 9.17) is 0 Å². The molecule has 0 aromatic carbocycles. The molecule has 0 saturated carbocycles. The van der Waals surface area contributed by atoms with Gasteiger partial charge >= 0.3 is 0 Å². The van der Waals surface area contributed by atoms with E-state index in [1.807, 2.05) is 13.8 Å². The Hall–Kier alpha value is -2.64. The highest BCUT2D eigenvalue weighted by Crippen LogP contribution is 2.09. The summed E-state index contributed by atoms with van der Waals surface area (Å²) < 4.78 is 1.54. The highest BCUT2D eigenvalue weighted by atomic mass is 16.2. The molecule has 2 aromatic heterocycles. The van der Waals surface area contributed by atoms with Crippen LogP contribution in [0, 0.1) is 5.92 Å². The summed E-state index contributed by atoms with van der Waals surface area (Å²) in [5, 5.41) is 15.8. The van der Waals surface area contributed by atoms with Gasteiger partial charge in [0.25, 0.3) is 5.91 Å². The molecule has 8 heteroatoms. The predicted molar refractivity (Wildman–Crippen MR) is 81.1 cm³/mol. The molecule has 2 rings (SSSR count). The fraction of sp³-hybridized carbons (Fsp3) is 0.429. The van der Waals surface area contributed by atoms with Gasteiger partial charge in [-0.05, 0) is 12.3 Å². The lowest BCUT2D eigenvalue weighted by atomic mass is 10.0. The Morgan fingerprint density at radius 2 is 2.18 bits per heavy atom. The van der Waals surface area contributed by atoms with Crippen molar-refractivity contribution in [2.24, 2.45) is 13.0 Å². The van der Waals surface area contributed by atoms with Crippen LogP contribution >= 0.6 is 0 Å². The summed E-state index contributed by atoms with van der Waals surface area (Å²) in [6.45, 7) is 3.99. The maximum atomic E-state index is 12.3. The molecule has 0 fully saturated rings. The summed E-state index contributed by atoms with van der Waals surface area (Å²) in [5.41, 5.74) is 0.422. The van der Waals surface area contributed by atoms with Crippen LogP contribution in [0.25, 0.3) is 0 Å². The number of aryl methyl sites for hydroxylation is 1. The number of nitrogens with one attached hydrogen (secondary N) is 3. The minimum Gasteiger partial charge on any atom is -0.340 e. The van der Waals surface area contributed by atoms with Gasteiger partial charge in [0.05, 0.1) is 18.0 Å². The van der Waals surface area contributed by atoms with Gasteiger partial charge in [-0.2, -0.15) is 10.2 Å². The van der Waals surface area contributed by atoms with E-state index in [1.165, 1.54) is 10.9 Å². The molecule has 2 amide bonds. The Morgan fingerprint density at radius 1 is 1.41 bits per heavy atom. The number of H-pyrrole nitrogens is 1. The minimum atomic E-state index is -0.629. The van der Waals surface area contributed by atoms with Crippen LogP contribution in [0.1, 0.15) is 30.6 Å². The van der Waals surface area contributed by atoms with Gasteiger partial charge < -0.3 is 10.6 Å². The van der Waals surface area contributed by atoms with Gasteiger partial charge in [0.15, 0.2) is 0 Å². The number of amides is 2. The largest absolute Gasteiger partial charge is 0.340 e. The highest BCUT2D eigenvalue weighted by molar-refractivity contribution is 6.00. The lowest BCUT2D eigenvalue weighted by molar-refractivity contribution is -0.118. The van der Waals surface area contributed by atoms with E-state index >= 15 is 0 Å². The van der Waals surface area contributed by atoms with Crippen LogP contribution in [-0.4, -0.2) is 37.8 Å². The molecule has 0 saturated heterocycles.